The normalized spacial score (nSPS) is 15.6. The number of carbonyl (C=O) groups excluding carboxylic acids is 1. The van der Waals surface area contributed by atoms with Crippen molar-refractivity contribution in [2.45, 2.75) is 129 Å². The first-order valence-electron chi connectivity index (χ1n) is 11.3. The van der Waals surface area contributed by atoms with Crippen molar-refractivity contribution in [3.63, 3.8) is 0 Å². The van der Waals surface area contributed by atoms with Gasteiger partial charge in [0.05, 0.1) is 0 Å². The van der Waals surface area contributed by atoms with E-state index in [-0.39, 0.29) is 32.7 Å². The molecule has 0 aromatic carbocycles. The molecule has 0 radical (unpaired) electrons. The van der Waals surface area contributed by atoms with Gasteiger partial charge in [-0.2, -0.15) is 13.2 Å². The fraction of sp³-hybridized carbons (Fsp3) is 0.955. The molecule has 1 N–H and O–H groups in total. The van der Waals surface area contributed by atoms with E-state index in [1.807, 2.05) is 5.32 Å². The third kappa shape index (κ3) is 22.4. The molecule has 0 aliphatic heterocycles. The van der Waals surface area contributed by atoms with Crippen molar-refractivity contribution in [2.24, 2.45) is 0 Å². The Labute approximate surface area is 190 Å². The van der Waals surface area contributed by atoms with Gasteiger partial charge in [-0.1, -0.05) is 116 Å². The minimum Gasteiger partial charge on any atom is -0.348 e. The third-order valence-electron chi connectivity index (χ3n) is 5.07. The molecular weight excluding hydrogens is 442 g/mol. The number of alkyl halides is 3. The molecule has 0 atom stereocenters. The molecule has 2 nitrogen and oxygen atoms in total. The molecule has 2 aliphatic rings. The fourth-order valence-corrected chi connectivity index (χ4v) is 3.33. The SMILES string of the molecule is C1CCCC1.C1CCCC1.CCCCCCCCCCNC(=O)C(F)(F)F.[Zr+2]. The van der Waals surface area contributed by atoms with Crippen LogP contribution in [0.1, 0.15) is 122 Å². The van der Waals surface area contributed by atoms with Crippen LogP contribution >= 0.6 is 0 Å². The minimum atomic E-state index is -4.75. The molecule has 2 saturated carbocycles. The summed E-state index contributed by atoms with van der Waals surface area (Å²) in [6, 6.07) is 0. The zero-order valence-electron chi connectivity index (χ0n) is 18.0. The Morgan fingerprint density at radius 2 is 1.00 bits per heavy atom. The first kappa shape index (κ1) is 30.3. The van der Waals surface area contributed by atoms with Crippen molar-refractivity contribution < 1.29 is 44.2 Å². The Balaban J connectivity index is 0. The van der Waals surface area contributed by atoms with E-state index in [2.05, 4.69) is 6.92 Å². The van der Waals surface area contributed by atoms with Gasteiger partial charge in [0.15, 0.2) is 0 Å². The van der Waals surface area contributed by atoms with Crippen molar-refractivity contribution in [1.82, 2.24) is 5.32 Å². The van der Waals surface area contributed by atoms with Crippen LogP contribution < -0.4 is 5.32 Å². The van der Waals surface area contributed by atoms with Crippen LogP contribution in [0.2, 0.25) is 0 Å². The van der Waals surface area contributed by atoms with Gasteiger partial charge in [0.2, 0.25) is 0 Å². The second-order valence-corrected chi connectivity index (χ2v) is 7.76. The van der Waals surface area contributed by atoms with Crippen molar-refractivity contribution in [2.75, 3.05) is 6.54 Å². The Morgan fingerprint density at radius 3 is 1.32 bits per heavy atom. The van der Waals surface area contributed by atoms with Crippen LogP contribution in [0.3, 0.4) is 0 Å². The van der Waals surface area contributed by atoms with E-state index in [4.69, 9.17) is 0 Å². The number of unbranched alkanes of at least 4 members (excludes halogenated alkanes) is 7. The summed E-state index contributed by atoms with van der Waals surface area (Å²) in [5.74, 6) is -1.83. The van der Waals surface area contributed by atoms with Crippen LogP contribution in [0.15, 0.2) is 0 Å². The molecule has 0 bridgehead atoms. The Kier molecular flexibility index (Phi) is 23.7. The number of amides is 1. The first-order valence-corrected chi connectivity index (χ1v) is 11.3. The van der Waals surface area contributed by atoms with Crippen LogP contribution in [-0.2, 0) is 31.0 Å². The van der Waals surface area contributed by atoms with Crippen molar-refractivity contribution in [1.29, 1.82) is 0 Å². The molecule has 0 heterocycles. The molecule has 0 aromatic rings. The van der Waals surface area contributed by atoms with Gasteiger partial charge < -0.3 is 5.32 Å². The number of rotatable bonds is 9. The average molecular weight is 485 g/mol. The average Bonchev–Trinajstić information content (AvgIpc) is 3.37. The quantitative estimate of drug-likeness (QED) is 0.334. The molecule has 0 aromatic heterocycles. The summed E-state index contributed by atoms with van der Waals surface area (Å²) in [6.07, 6.45) is 18.8. The second kappa shape index (κ2) is 21.8. The van der Waals surface area contributed by atoms with Crippen molar-refractivity contribution in [3.05, 3.63) is 0 Å². The molecule has 0 saturated heterocycles. The smallest absolute Gasteiger partial charge is 0.348 e. The van der Waals surface area contributed by atoms with Crippen molar-refractivity contribution in [3.8, 4) is 0 Å². The number of carbonyl (C=O) groups is 1. The zero-order chi connectivity index (χ0) is 20.2. The third-order valence-corrected chi connectivity index (χ3v) is 5.07. The Morgan fingerprint density at radius 1 is 0.679 bits per heavy atom. The molecule has 2 rings (SSSR count). The minimum absolute atomic E-state index is 0. The number of halogens is 3. The summed E-state index contributed by atoms with van der Waals surface area (Å²) in [7, 11) is 0. The predicted molar refractivity (Wildman–Crippen MR) is 108 cm³/mol. The van der Waals surface area contributed by atoms with Gasteiger partial charge in [-0.15, -0.1) is 0 Å². The van der Waals surface area contributed by atoms with Gasteiger partial charge in [-0.3, -0.25) is 4.79 Å². The maximum atomic E-state index is 11.8. The largest absolute Gasteiger partial charge is 2.00 e. The monoisotopic (exact) mass is 483 g/mol. The molecule has 0 spiro atoms. The van der Waals surface area contributed by atoms with Gasteiger partial charge in [-0.25, -0.2) is 0 Å². The standard InChI is InChI=1S/C12H22F3NO.2C5H10.Zr/c1-2-3-4-5-6-7-8-9-10-16-11(17)12(13,14)15;2*1-2-4-5-3-1;/h2-10H2,1H3,(H,16,17);2*1-5H2;/q;;;+2. The van der Waals surface area contributed by atoms with E-state index < -0.39 is 12.1 Å². The molecule has 0 unspecified atom stereocenters. The molecule has 2 aliphatic carbocycles. The molecule has 1 amide bonds. The summed E-state index contributed by atoms with van der Waals surface area (Å²) in [4.78, 5) is 10.4. The second-order valence-electron chi connectivity index (χ2n) is 7.76. The number of hydrogen-bond donors (Lipinski definition) is 1. The fourth-order valence-electron chi connectivity index (χ4n) is 3.33. The summed E-state index contributed by atoms with van der Waals surface area (Å²) in [6.45, 7) is 2.27. The van der Waals surface area contributed by atoms with E-state index in [0.717, 1.165) is 19.3 Å². The molecule has 6 heteroatoms. The first-order chi connectivity index (χ1) is 13.0. The maximum absolute atomic E-state index is 11.8. The van der Waals surface area contributed by atoms with E-state index in [9.17, 15) is 18.0 Å². The van der Waals surface area contributed by atoms with E-state index in [0.29, 0.717) is 6.42 Å². The van der Waals surface area contributed by atoms with E-state index in [1.165, 1.54) is 89.9 Å². The summed E-state index contributed by atoms with van der Waals surface area (Å²) < 4.78 is 35.4. The Bertz CT molecular complexity index is 305. The predicted octanol–water partition coefficient (Wildman–Crippen LogP) is 7.70. The van der Waals surface area contributed by atoms with E-state index >= 15 is 0 Å². The van der Waals surface area contributed by atoms with Crippen LogP contribution in [0, 0.1) is 0 Å². The molecule has 164 valence electrons. The van der Waals surface area contributed by atoms with Gasteiger partial charge >= 0.3 is 38.3 Å². The number of nitrogens with one attached hydrogen (secondary N) is 1. The zero-order valence-corrected chi connectivity index (χ0v) is 20.4. The van der Waals surface area contributed by atoms with Gasteiger partial charge in [0, 0.05) is 6.54 Å². The topological polar surface area (TPSA) is 29.1 Å². The molecule has 28 heavy (non-hydrogen) atoms. The number of hydrogen-bond acceptors (Lipinski definition) is 1. The van der Waals surface area contributed by atoms with E-state index in [1.54, 1.807) is 0 Å². The van der Waals surface area contributed by atoms with Gasteiger partial charge in [0.1, 0.15) is 0 Å². The maximum Gasteiger partial charge on any atom is 2.00 e. The summed E-state index contributed by atoms with van der Waals surface area (Å²) in [5, 5.41) is 1.87. The summed E-state index contributed by atoms with van der Waals surface area (Å²) in [5.41, 5.74) is 0. The molecule has 2 fully saturated rings. The van der Waals surface area contributed by atoms with Crippen LogP contribution in [-0.4, -0.2) is 18.6 Å². The van der Waals surface area contributed by atoms with Gasteiger partial charge in [0.25, 0.3) is 0 Å². The molecular formula is C22H42F3NOZr+2. The van der Waals surface area contributed by atoms with Crippen LogP contribution in [0.25, 0.3) is 0 Å². The Hall–Kier alpha value is 0.143. The van der Waals surface area contributed by atoms with Crippen LogP contribution in [0.5, 0.6) is 0 Å². The van der Waals surface area contributed by atoms with Crippen LogP contribution in [0.4, 0.5) is 13.2 Å². The van der Waals surface area contributed by atoms with Crippen molar-refractivity contribution >= 4 is 5.91 Å². The summed E-state index contributed by atoms with van der Waals surface area (Å²) >= 11 is 0. The van der Waals surface area contributed by atoms with Gasteiger partial charge in [-0.05, 0) is 6.42 Å².